The number of hydrogen-bond donors (Lipinski definition) is 2. The molecule has 6 nitrogen and oxygen atoms in total. The van der Waals surface area contributed by atoms with Crippen LogP contribution in [0.15, 0.2) is 18.2 Å². The van der Waals surface area contributed by atoms with Crippen molar-refractivity contribution in [3.8, 4) is 11.5 Å². The molecule has 0 bridgehead atoms. The van der Waals surface area contributed by atoms with Crippen molar-refractivity contribution in [3.05, 3.63) is 23.8 Å². The van der Waals surface area contributed by atoms with Gasteiger partial charge in [0.05, 0.1) is 7.11 Å². The third kappa shape index (κ3) is 2.54. The SMILES string of the molecule is CCC1C(=O)NCCN1C(=O)c1ccc(OC)c(O)c1. The summed E-state index contributed by atoms with van der Waals surface area (Å²) in [5.74, 6) is -0.174. The third-order valence-corrected chi connectivity index (χ3v) is 3.40. The van der Waals surface area contributed by atoms with Gasteiger partial charge in [-0.05, 0) is 24.6 Å². The summed E-state index contributed by atoms with van der Waals surface area (Å²) in [6.07, 6.45) is 0.555. The lowest BCUT2D eigenvalue weighted by Crippen LogP contribution is -2.56. The Morgan fingerprint density at radius 3 is 2.90 bits per heavy atom. The van der Waals surface area contributed by atoms with E-state index in [1.54, 1.807) is 11.0 Å². The maximum Gasteiger partial charge on any atom is 0.254 e. The normalized spacial score (nSPS) is 18.6. The number of hydrogen-bond acceptors (Lipinski definition) is 4. The van der Waals surface area contributed by atoms with E-state index in [2.05, 4.69) is 5.32 Å². The van der Waals surface area contributed by atoms with E-state index in [-0.39, 0.29) is 17.6 Å². The number of phenols is 1. The number of amides is 2. The molecule has 2 rings (SSSR count). The molecule has 0 aromatic heterocycles. The minimum atomic E-state index is -0.458. The minimum Gasteiger partial charge on any atom is -0.504 e. The van der Waals surface area contributed by atoms with Crippen molar-refractivity contribution in [2.24, 2.45) is 0 Å². The van der Waals surface area contributed by atoms with Crippen molar-refractivity contribution in [2.45, 2.75) is 19.4 Å². The molecule has 20 heavy (non-hydrogen) atoms. The van der Waals surface area contributed by atoms with Crippen LogP contribution < -0.4 is 10.1 Å². The van der Waals surface area contributed by atoms with Gasteiger partial charge in [0.25, 0.3) is 5.91 Å². The zero-order valence-electron chi connectivity index (χ0n) is 11.5. The van der Waals surface area contributed by atoms with Crippen LogP contribution in [0.3, 0.4) is 0 Å². The number of carbonyl (C=O) groups is 2. The number of ether oxygens (including phenoxy) is 1. The fourth-order valence-electron chi connectivity index (χ4n) is 2.35. The van der Waals surface area contributed by atoms with Gasteiger partial charge >= 0.3 is 0 Å². The van der Waals surface area contributed by atoms with E-state index in [0.717, 1.165) is 0 Å². The highest BCUT2D eigenvalue weighted by Crippen LogP contribution is 2.27. The van der Waals surface area contributed by atoms with E-state index in [1.807, 2.05) is 6.92 Å². The summed E-state index contributed by atoms with van der Waals surface area (Å²) in [5.41, 5.74) is 0.344. The van der Waals surface area contributed by atoms with Gasteiger partial charge < -0.3 is 20.1 Å². The van der Waals surface area contributed by atoms with Crippen molar-refractivity contribution in [2.75, 3.05) is 20.2 Å². The number of benzene rings is 1. The van der Waals surface area contributed by atoms with Gasteiger partial charge in [-0.25, -0.2) is 0 Å². The Labute approximate surface area is 117 Å². The maximum atomic E-state index is 12.5. The molecule has 1 atom stereocenters. The topological polar surface area (TPSA) is 78.9 Å². The van der Waals surface area contributed by atoms with E-state index in [0.29, 0.717) is 30.8 Å². The van der Waals surface area contributed by atoms with E-state index < -0.39 is 6.04 Å². The highest BCUT2D eigenvalue weighted by molar-refractivity contribution is 5.98. The number of nitrogens with one attached hydrogen (secondary N) is 1. The highest BCUT2D eigenvalue weighted by atomic mass is 16.5. The number of methoxy groups -OCH3 is 1. The molecule has 0 spiro atoms. The maximum absolute atomic E-state index is 12.5. The van der Waals surface area contributed by atoms with Crippen molar-refractivity contribution in [1.29, 1.82) is 0 Å². The van der Waals surface area contributed by atoms with E-state index >= 15 is 0 Å². The number of nitrogens with zero attached hydrogens (tertiary/aromatic N) is 1. The number of rotatable bonds is 3. The largest absolute Gasteiger partial charge is 0.504 e. The molecule has 6 heteroatoms. The van der Waals surface area contributed by atoms with Gasteiger partial charge in [-0.2, -0.15) is 0 Å². The highest BCUT2D eigenvalue weighted by Gasteiger charge is 2.32. The Balaban J connectivity index is 2.25. The lowest BCUT2D eigenvalue weighted by molar-refractivity contribution is -0.127. The van der Waals surface area contributed by atoms with Crippen LogP contribution in [-0.2, 0) is 4.79 Å². The summed E-state index contributed by atoms with van der Waals surface area (Å²) >= 11 is 0. The average Bonchev–Trinajstić information content (AvgIpc) is 2.46. The second kappa shape index (κ2) is 5.81. The molecule has 1 aromatic carbocycles. The van der Waals surface area contributed by atoms with Gasteiger partial charge in [0.2, 0.25) is 5.91 Å². The summed E-state index contributed by atoms with van der Waals surface area (Å²) in [7, 11) is 1.44. The second-order valence-electron chi connectivity index (χ2n) is 4.60. The molecule has 2 N–H and O–H groups in total. The van der Waals surface area contributed by atoms with Crippen LogP contribution in [0.5, 0.6) is 11.5 Å². The first kappa shape index (κ1) is 14.2. The van der Waals surface area contributed by atoms with Gasteiger partial charge in [-0.15, -0.1) is 0 Å². The van der Waals surface area contributed by atoms with Crippen LogP contribution in [0.1, 0.15) is 23.7 Å². The molecule has 1 heterocycles. The standard InChI is InChI=1S/C14H18N2O4/c1-3-10-13(18)15-6-7-16(10)14(19)9-4-5-12(20-2)11(17)8-9/h4-5,8,10,17H,3,6-7H2,1-2H3,(H,15,18). The predicted molar refractivity (Wildman–Crippen MR) is 72.8 cm³/mol. The molecule has 2 amide bonds. The van der Waals surface area contributed by atoms with Gasteiger partial charge in [0.15, 0.2) is 11.5 Å². The molecule has 0 radical (unpaired) electrons. The number of aromatic hydroxyl groups is 1. The van der Waals surface area contributed by atoms with Crippen LogP contribution in [0.2, 0.25) is 0 Å². The fraction of sp³-hybridized carbons (Fsp3) is 0.429. The monoisotopic (exact) mass is 278 g/mol. The molecule has 1 aromatic rings. The van der Waals surface area contributed by atoms with E-state index in [4.69, 9.17) is 4.74 Å². The quantitative estimate of drug-likeness (QED) is 0.855. The van der Waals surface area contributed by atoms with Gasteiger partial charge in [0, 0.05) is 18.7 Å². The van der Waals surface area contributed by atoms with Gasteiger partial charge in [-0.3, -0.25) is 9.59 Å². The van der Waals surface area contributed by atoms with Crippen LogP contribution >= 0.6 is 0 Å². The Kier molecular flexibility index (Phi) is 4.12. The molecule has 1 unspecified atom stereocenters. The molecule has 108 valence electrons. The van der Waals surface area contributed by atoms with E-state index in [1.165, 1.54) is 19.2 Å². The zero-order valence-corrected chi connectivity index (χ0v) is 11.5. The van der Waals surface area contributed by atoms with Crippen LogP contribution in [0, 0.1) is 0 Å². The second-order valence-corrected chi connectivity index (χ2v) is 4.60. The summed E-state index contributed by atoms with van der Waals surface area (Å²) < 4.78 is 4.95. The van der Waals surface area contributed by atoms with Crippen LogP contribution in [0.4, 0.5) is 0 Å². The predicted octanol–water partition coefficient (Wildman–Crippen LogP) is 0.751. The lowest BCUT2D eigenvalue weighted by atomic mass is 10.1. The molecular formula is C14H18N2O4. The number of phenolic OH excluding ortho intramolecular Hbond substituents is 1. The zero-order chi connectivity index (χ0) is 14.7. The van der Waals surface area contributed by atoms with Crippen LogP contribution in [0.25, 0.3) is 0 Å². The number of piperazine rings is 1. The first-order valence-corrected chi connectivity index (χ1v) is 6.54. The van der Waals surface area contributed by atoms with Crippen molar-refractivity contribution in [3.63, 3.8) is 0 Å². The summed E-state index contributed by atoms with van der Waals surface area (Å²) in [4.78, 5) is 25.8. The smallest absolute Gasteiger partial charge is 0.254 e. The van der Waals surface area contributed by atoms with Gasteiger partial charge in [-0.1, -0.05) is 6.92 Å². The van der Waals surface area contributed by atoms with E-state index in [9.17, 15) is 14.7 Å². The first-order valence-electron chi connectivity index (χ1n) is 6.54. The Hall–Kier alpha value is -2.24. The lowest BCUT2D eigenvalue weighted by Gasteiger charge is -2.34. The molecule has 0 aliphatic carbocycles. The summed E-state index contributed by atoms with van der Waals surface area (Å²) in [5, 5.41) is 12.5. The molecule has 0 saturated carbocycles. The Morgan fingerprint density at radius 2 is 2.30 bits per heavy atom. The summed E-state index contributed by atoms with van der Waals surface area (Å²) in [6, 6.07) is 4.02. The average molecular weight is 278 g/mol. The fourth-order valence-corrected chi connectivity index (χ4v) is 2.35. The van der Waals surface area contributed by atoms with Gasteiger partial charge in [0.1, 0.15) is 6.04 Å². The van der Waals surface area contributed by atoms with Crippen molar-refractivity contribution < 1.29 is 19.4 Å². The molecular weight excluding hydrogens is 260 g/mol. The van der Waals surface area contributed by atoms with Crippen molar-refractivity contribution >= 4 is 11.8 Å². The third-order valence-electron chi connectivity index (χ3n) is 3.40. The Bertz CT molecular complexity index is 530. The van der Waals surface area contributed by atoms with Crippen LogP contribution in [-0.4, -0.2) is 48.1 Å². The minimum absolute atomic E-state index is 0.0899. The molecule has 1 saturated heterocycles. The summed E-state index contributed by atoms with van der Waals surface area (Å²) in [6.45, 7) is 2.78. The number of carbonyl (C=O) groups excluding carboxylic acids is 2. The Morgan fingerprint density at radius 1 is 1.55 bits per heavy atom. The molecule has 1 aliphatic rings. The first-order chi connectivity index (χ1) is 9.58. The molecule has 1 aliphatic heterocycles. The van der Waals surface area contributed by atoms with Crippen molar-refractivity contribution in [1.82, 2.24) is 10.2 Å². The molecule has 1 fully saturated rings.